The molecule has 0 aliphatic heterocycles. The third-order valence-corrected chi connectivity index (χ3v) is 4.16. The first-order valence-electron chi connectivity index (χ1n) is 9.46. The van der Waals surface area contributed by atoms with Crippen LogP contribution >= 0.6 is 0 Å². The number of nitrogens with zero attached hydrogens (tertiary/aromatic N) is 2. The number of amides is 1. The number of benzene rings is 2. The number of anilines is 1. The minimum atomic E-state index is -1.02. The number of rotatable bonds is 5. The van der Waals surface area contributed by atoms with E-state index in [1.807, 2.05) is 6.92 Å². The molecule has 0 bridgehead atoms. The number of halogens is 2. The SMILES string of the molecule is CCc1nc2ccc(N(CC(=O)OC(C)(C)C)C(=O)c3c(F)cccc3F)cc2o1. The van der Waals surface area contributed by atoms with Crippen LogP contribution in [0.3, 0.4) is 0 Å². The molecular formula is C22H22F2N2O4. The van der Waals surface area contributed by atoms with Crippen LogP contribution in [0.1, 0.15) is 43.9 Å². The van der Waals surface area contributed by atoms with Crippen molar-refractivity contribution in [1.82, 2.24) is 4.98 Å². The fourth-order valence-electron chi connectivity index (χ4n) is 2.90. The lowest BCUT2D eigenvalue weighted by Crippen LogP contribution is -2.39. The highest BCUT2D eigenvalue weighted by atomic mass is 19.1. The molecule has 30 heavy (non-hydrogen) atoms. The highest BCUT2D eigenvalue weighted by Crippen LogP contribution is 2.26. The Morgan fingerprint density at radius 2 is 1.80 bits per heavy atom. The minimum Gasteiger partial charge on any atom is -0.459 e. The number of hydrogen-bond acceptors (Lipinski definition) is 5. The summed E-state index contributed by atoms with van der Waals surface area (Å²) in [7, 11) is 0. The summed E-state index contributed by atoms with van der Waals surface area (Å²) in [4.78, 5) is 30.8. The number of oxazole rings is 1. The maximum Gasteiger partial charge on any atom is 0.326 e. The molecule has 0 spiro atoms. The third-order valence-electron chi connectivity index (χ3n) is 4.16. The van der Waals surface area contributed by atoms with Gasteiger partial charge in [-0.05, 0) is 45.0 Å². The van der Waals surface area contributed by atoms with Gasteiger partial charge in [0.25, 0.3) is 5.91 Å². The molecule has 0 aliphatic rings. The molecule has 0 N–H and O–H groups in total. The van der Waals surface area contributed by atoms with Gasteiger partial charge in [0.05, 0.1) is 0 Å². The smallest absolute Gasteiger partial charge is 0.326 e. The highest BCUT2D eigenvalue weighted by molar-refractivity contribution is 6.09. The number of fused-ring (bicyclic) bond motifs is 1. The van der Waals surface area contributed by atoms with Gasteiger partial charge in [-0.15, -0.1) is 0 Å². The number of aromatic nitrogens is 1. The van der Waals surface area contributed by atoms with Crippen molar-refractivity contribution in [1.29, 1.82) is 0 Å². The fourth-order valence-corrected chi connectivity index (χ4v) is 2.90. The van der Waals surface area contributed by atoms with Crippen LogP contribution < -0.4 is 4.90 Å². The van der Waals surface area contributed by atoms with Gasteiger partial charge in [-0.2, -0.15) is 0 Å². The molecule has 158 valence electrons. The highest BCUT2D eigenvalue weighted by Gasteiger charge is 2.28. The summed E-state index contributed by atoms with van der Waals surface area (Å²) < 4.78 is 39.4. The first-order chi connectivity index (χ1) is 14.1. The molecule has 8 heteroatoms. The summed E-state index contributed by atoms with van der Waals surface area (Å²) >= 11 is 0. The van der Waals surface area contributed by atoms with E-state index >= 15 is 0 Å². The van der Waals surface area contributed by atoms with Crippen molar-refractivity contribution < 1.29 is 27.5 Å². The molecule has 0 fully saturated rings. The molecule has 3 rings (SSSR count). The molecule has 0 saturated carbocycles. The Labute approximate surface area is 172 Å². The molecule has 0 saturated heterocycles. The number of aryl methyl sites for hydroxylation is 1. The molecule has 1 heterocycles. The van der Waals surface area contributed by atoms with Crippen molar-refractivity contribution in [3.05, 3.63) is 59.5 Å². The van der Waals surface area contributed by atoms with Crippen LogP contribution in [-0.4, -0.2) is 29.0 Å². The Balaban J connectivity index is 2.05. The lowest BCUT2D eigenvalue weighted by Gasteiger charge is -2.25. The zero-order valence-electron chi connectivity index (χ0n) is 17.2. The van der Waals surface area contributed by atoms with E-state index in [-0.39, 0.29) is 5.69 Å². The first kappa shape index (κ1) is 21.4. The normalized spacial score (nSPS) is 11.5. The van der Waals surface area contributed by atoms with E-state index in [4.69, 9.17) is 9.15 Å². The number of carbonyl (C=O) groups is 2. The molecule has 2 aromatic carbocycles. The molecule has 3 aromatic rings. The van der Waals surface area contributed by atoms with E-state index in [0.29, 0.717) is 23.4 Å². The predicted molar refractivity (Wildman–Crippen MR) is 107 cm³/mol. The van der Waals surface area contributed by atoms with E-state index in [9.17, 15) is 18.4 Å². The summed E-state index contributed by atoms with van der Waals surface area (Å²) in [5.74, 6) is -3.27. The zero-order chi connectivity index (χ0) is 22.1. The number of carbonyl (C=O) groups excluding carboxylic acids is 2. The van der Waals surface area contributed by atoms with Crippen LogP contribution in [-0.2, 0) is 16.0 Å². The first-order valence-corrected chi connectivity index (χ1v) is 9.46. The Kier molecular flexibility index (Phi) is 5.87. The van der Waals surface area contributed by atoms with Gasteiger partial charge in [-0.3, -0.25) is 14.5 Å². The molecule has 0 unspecified atom stereocenters. The largest absolute Gasteiger partial charge is 0.459 e. The summed E-state index contributed by atoms with van der Waals surface area (Å²) in [6.07, 6.45) is 0.574. The maximum absolute atomic E-state index is 14.3. The van der Waals surface area contributed by atoms with E-state index in [2.05, 4.69) is 4.98 Å². The van der Waals surface area contributed by atoms with Crippen molar-refractivity contribution in [2.45, 2.75) is 39.7 Å². The monoisotopic (exact) mass is 416 g/mol. The standard InChI is InChI=1S/C22H22F2N2O4/c1-5-18-25-16-10-9-13(11-17(16)29-18)26(12-19(27)30-22(2,3)4)21(28)20-14(23)7-6-8-15(20)24/h6-11H,5,12H2,1-4H3. The summed E-state index contributed by atoms with van der Waals surface area (Å²) in [6.45, 7) is 6.39. The van der Waals surface area contributed by atoms with Crippen molar-refractivity contribution >= 4 is 28.7 Å². The molecule has 0 aliphatic carbocycles. The quantitative estimate of drug-likeness (QED) is 0.566. The number of ether oxygens (including phenoxy) is 1. The van der Waals surface area contributed by atoms with Crippen LogP contribution in [0, 0.1) is 11.6 Å². The van der Waals surface area contributed by atoms with Gasteiger partial charge in [-0.1, -0.05) is 13.0 Å². The fraction of sp³-hybridized carbons (Fsp3) is 0.318. The van der Waals surface area contributed by atoms with Gasteiger partial charge >= 0.3 is 5.97 Å². The molecular weight excluding hydrogens is 394 g/mol. The summed E-state index contributed by atoms with van der Waals surface area (Å²) in [5, 5.41) is 0. The second kappa shape index (κ2) is 8.22. The number of hydrogen-bond donors (Lipinski definition) is 0. The lowest BCUT2D eigenvalue weighted by molar-refractivity contribution is -0.152. The van der Waals surface area contributed by atoms with E-state index in [1.54, 1.807) is 26.8 Å². The van der Waals surface area contributed by atoms with Gasteiger partial charge in [0.1, 0.15) is 34.9 Å². The minimum absolute atomic E-state index is 0.222. The Morgan fingerprint density at radius 1 is 1.13 bits per heavy atom. The van der Waals surface area contributed by atoms with Crippen molar-refractivity contribution in [3.63, 3.8) is 0 Å². The lowest BCUT2D eigenvalue weighted by atomic mass is 10.1. The summed E-state index contributed by atoms with van der Waals surface area (Å²) in [6, 6.07) is 7.77. The Hall–Kier alpha value is -3.29. The molecule has 6 nitrogen and oxygen atoms in total. The van der Waals surface area contributed by atoms with Crippen molar-refractivity contribution in [2.24, 2.45) is 0 Å². The Morgan fingerprint density at radius 3 is 2.40 bits per heavy atom. The molecule has 1 aromatic heterocycles. The average molecular weight is 416 g/mol. The van der Waals surface area contributed by atoms with Crippen LogP contribution in [0.2, 0.25) is 0 Å². The van der Waals surface area contributed by atoms with Crippen LogP contribution in [0.15, 0.2) is 40.8 Å². The number of esters is 1. The van der Waals surface area contributed by atoms with Crippen LogP contribution in [0.5, 0.6) is 0 Å². The van der Waals surface area contributed by atoms with Gasteiger partial charge < -0.3 is 9.15 Å². The van der Waals surface area contributed by atoms with Gasteiger partial charge in [-0.25, -0.2) is 13.8 Å². The van der Waals surface area contributed by atoms with Gasteiger partial charge in [0.15, 0.2) is 11.5 Å². The van der Waals surface area contributed by atoms with Crippen LogP contribution in [0.25, 0.3) is 11.1 Å². The molecule has 1 amide bonds. The van der Waals surface area contributed by atoms with Crippen LogP contribution in [0.4, 0.5) is 14.5 Å². The van der Waals surface area contributed by atoms with Gasteiger partial charge in [0, 0.05) is 18.2 Å². The Bertz CT molecular complexity index is 1080. The van der Waals surface area contributed by atoms with Crippen molar-refractivity contribution in [2.75, 3.05) is 11.4 Å². The van der Waals surface area contributed by atoms with Crippen molar-refractivity contribution in [3.8, 4) is 0 Å². The molecule has 0 atom stereocenters. The predicted octanol–water partition coefficient (Wildman–Crippen LogP) is 4.66. The topological polar surface area (TPSA) is 72.6 Å². The van der Waals surface area contributed by atoms with E-state index < -0.39 is 41.2 Å². The third kappa shape index (κ3) is 4.64. The zero-order valence-corrected chi connectivity index (χ0v) is 17.2. The second-order valence-electron chi connectivity index (χ2n) is 7.69. The second-order valence-corrected chi connectivity index (χ2v) is 7.69. The average Bonchev–Trinajstić information content (AvgIpc) is 3.06. The molecule has 0 radical (unpaired) electrons. The summed E-state index contributed by atoms with van der Waals surface area (Å²) in [5.41, 5.74) is -0.370. The van der Waals surface area contributed by atoms with E-state index in [0.717, 1.165) is 23.1 Å². The van der Waals surface area contributed by atoms with Gasteiger partial charge in [0.2, 0.25) is 0 Å². The maximum atomic E-state index is 14.3. The van der Waals surface area contributed by atoms with E-state index in [1.165, 1.54) is 12.1 Å².